The molecule has 0 aromatic heterocycles. The third-order valence-corrected chi connectivity index (χ3v) is 5.47. The van der Waals surface area contributed by atoms with Crippen LogP contribution in [0.1, 0.15) is 42.0 Å². The molecule has 1 nitrogen and oxygen atoms in total. The van der Waals surface area contributed by atoms with Crippen LogP contribution in [0.3, 0.4) is 0 Å². The van der Waals surface area contributed by atoms with Crippen LogP contribution >= 0.6 is 0 Å². The van der Waals surface area contributed by atoms with Crippen molar-refractivity contribution in [3.05, 3.63) is 94.3 Å². The summed E-state index contributed by atoms with van der Waals surface area (Å²) in [6.07, 6.45) is -6.83. The first kappa shape index (κ1) is 26.7. The number of hydrogen-bond acceptors (Lipinski definition) is 1. The molecule has 0 amide bonds. The molecule has 0 bridgehead atoms. The van der Waals surface area contributed by atoms with E-state index in [1.807, 2.05) is 24.3 Å². The number of halogens is 8. The fourth-order valence-corrected chi connectivity index (χ4v) is 3.69. The van der Waals surface area contributed by atoms with E-state index in [0.29, 0.717) is 30.5 Å². The molecule has 3 rings (SSSR count). The molecule has 0 aliphatic carbocycles. The van der Waals surface area contributed by atoms with Crippen LogP contribution in [0.15, 0.2) is 54.6 Å². The molecule has 0 saturated heterocycles. The summed E-state index contributed by atoms with van der Waals surface area (Å²) >= 11 is 0. The number of benzene rings is 3. The zero-order valence-corrected chi connectivity index (χ0v) is 18.7. The minimum Gasteiger partial charge on any atom is -0.222 e. The maximum atomic E-state index is 14.7. The molecule has 0 aliphatic heterocycles. The summed E-state index contributed by atoms with van der Waals surface area (Å²) in [4.78, 5) is 0. The molecule has 0 unspecified atom stereocenters. The van der Waals surface area contributed by atoms with E-state index in [1.54, 1.807) is 0 Å². The number of alkyl halides is 5. The van der Waals surface area contributed by atoms with Crippen LogP contribution < -0.4 is 0 Å². The van der Waals surface area contributed by atoms with Crippen molar-refractivity contribution in [2.45, 2.75) is 51.5 Å². The highest BCUT2D eigenvalue weighted by molar-refractivity contribution is 5.65. The molecule has 9 heteroatoms. The Hall–Kier alpha value is -2.94. The van der Waals surface area contributed by atoms with Gasteiger partial charge < -0.3 is 0 Å². The van der Waals surface area contributed by atoms with E-state index in [1.165, 1.54) is 17.7 Å². The molecule has 3 aromatic rings. The molecule has 35 heavy (non-hydrogen) atoms. The van der Waals surface area contributed by atoms with Gasteiger partial charge in [-0.05, 0) is 66.1 Å². The van der Waals surface area contributed by atoms with Crippen LogP contribution in [0.5, 0.6) is 0 Å². The Kier molecular flexibility index (Phi) is 8.20. The van der Waals surface area contributed by atoms with E-state index in [9.17, 15) is 35.1 Å². The Morgan fingerprint density at radius 1 is 0.657 bits per heavy atom. The first-order valence-corrected chi connectivity index (χ1v) is 10.9. The first-order chi connectivity index (χ1) is 16.4. The number of aryl methyl sites for hydroxylation is 3. The summed E-state index contributed by atoms with van der Waals surface area (Å²) < 4.78 is 109. The summed E-state index contributed by atoms with van der Waals surface area (Å²) in [6, 6.07) is 12.7. The zero-order chi connectivity index (χ0) is 25.8. The van der Waals surface area contributed by atoms with Gasteiger partial charge in [-0.2, -0.15) is 8.78 Å². The van der Waals surface area contributed by atoms with Gasteiger partial charge in [0.25, 0.3) is 0 Å². The maximum absolute atomic E-state index is 14.7. The van der Waals surface area contributed by atoms with Crippen LogP contribution in [0, 0.1) is 17.5 Å². The molecule has 0 aliphatic rings. The molecule has 0 heterocycles. The third-order valence-electron chi connectivity index (χ3n) is 5.47. The van der Waals surface area contributed by atoms with Crippen molar-refractivity contribution < 1.29 is 39.9 Å². The van der Waals surface area contributed by atoms with Crippen molar-refractivity contribution in [1.82, 2.24) is 0 Å². The molecule has 0 fully saturated rings. The Morgan fingerprint density at radius 3 is 1.69 bits per heavy atom. The third kappa shape index (κ3) is 7.04. The average Bonchev–Trinajstić information content (AvgIpc) is 2.74. The molecule has 0 N–H and O–H groups in total. The summed E-state index contributed by atoms with van der Waals surface area (Å²) in [5.74, 6) is -4.86. The Bertz CT molecular complexity index is 1130. The van der Waals surface area contributed by atoms with E-state index in [0.717, 1.165) is 30.9 Å². The highest BCUT2D eigenvalue weighted by Crippen LogP contribution is 2.40. The van der Waals surface area contributed by atoms with Crippen LogP contribution in [0.4, 0.5) is 35.1 Å². The van der Waals surface area contributed by atoms with Gasteiger partial charge in [0.05, 0.1) is 0 Å². The number of unbranched alkanes of at least 4 members (excludes halogenated alkanes) is 1. The lowest BCUT2D eigenvalue weighted by atomic mass is 9.98. The van der Waals surface area contributed by atoms with Gasteiger partial charge in [-0.25, -0.2) is 17.9 Å². The monoisotopic (exact) mass is 502 g/mol. The van der Waals surface area contributed by atoms with Gasteiger partial charge in [-0.3, -0.25) is 0 Å². The number of rotatable bonds is 9. The van der Waals surface area contributed by atoms with Crippen LogP contribution in [-0.4, -0.2) is 6.36 Å². The fraction of sp³-hybridized carbons (Fsp3) is 0.308. The van der Waals surface area contributed by atoms with E-state index in [4.69, 9.17) is 0 Å². The predicted molar refractivity (Wildman–Crippen MR) is 115 cm³/mol. The highest BCUT2D eigenvalue weighted by atomic mass is 19.4. The van der Waals surface area contributed by atoms with Crippen molar-refractivity contribution in [3.63, 3.8) is 0 Å². The standard InChI is InChI=1S/C26H22F8O/c1-2-3-4-16-5-7-17(8-6-16)9-10-18-11-12-20(21(27)13-18)19-14-22(28)24(23(29)15-19)25(30,31)35-26(32,33)34/h5-8,11-15H,2-4,9-10H2,1H3. The normalized spacial score (nSPS) is 12.3. The van der Waals surface area contributed by atoms with E-state index >= 15 is 0 Å². The second-order valence-corrected chi connectivity index (χ2v) is 8.11. The molecule has 0 radical (unpaired) electrons. The van der Waals surface area contributed by atoms with Gasteiger partial charge in [0.1, 0.15) is 23.0 Å². The van der Waals surface area contributed by atoms with Crippen molar-refractivity contribution in [2.75, 3.05) is 0 Å². The Labute approximate surface area is 197 Å². The van der Waals surface area contributed by atoms with Crippen molar-refractivity contribution in [1.29, 1.82) is 0 Å². The molecular weight excluding hydrogens is 480 g/mol. The van der Waals surface area contributed by atoms with Gasteiger partial charge in [-0.15, -0.1) is 13.2 Å². The predicted octanol–water partition coefficient (Wildman–Crippen LogP) is 8.48. The zero-order valence-electron chi connectivity index (χ0n) is 18.7. The molecule has 3 aromatic carbocycles. The molecule has 0 atom stereocenters. The van der Waals surface area contributed by atoms with Crippen LogP contribution in [-0.2, 0) is 30.1 Å². The van der Waals surface area contributed by atoms with Crippen molar-refractivity contribution >= 4 is 0 Å². The quantitative estimate of drug-likeness (QED) is 0.267. The van der Waals surface area contributed by atoms with Gasteiger partial charge >= 0.3 is 12.5 Å². The van der Waals surface area contributed by atoms with E-state index in [-0.39, 0.29) is 5.56 Å². The van der Waals surface area contributed by atoms with Crippen LogP contribution in [0.2, 0.25) is 0 Å². The SMILES string of the molecule is CCCCc1ccc(CCc2ccc(-c3cc(F)c(C(F)(F)OC(F)(F)F)c(F)c3)c(F)c2)cc1. The van der Waals surface area contributed by atoms with Crippen molar-refractivity contribution in [3.8, 4) is 11.1 Å². The lowest BCUT2D eigenvalue weighted by molar-refractivity contribution is -0.432. The Balaban J connectivity index is 1.76. The largest absolute Gasteiger partial charge is 0.527 e. The van der Waals surface area contributed by atoms with Gasteiger partial charge in [0, 0.05) is 5.56 Å². The Morgan fingerprint density at radius 2 is 1.17 bits per heavy atom. The second-order valence-electron chi connectivity index (χ2n) is 8.11. The molecule has 0 spiro atoms. The summed E-state index contributed by atoms with van der Waals surface area (Å²) in [7, 11) is 0. The second kappa shape index (κ2) is 10.8. The van der Waals surface area contributed by atoms with Gasteiger partial charge in [-0.1, -0.05) is 49.7 Å². The molecular formula is C26H22F8O. The fourth-order valence-electron chi connectivity index (χ4n) is 3.69. The summed E-state index contributed by atoms with van der Waals surface area (Å²) in [6.45, 7) is 2.12. The van der Waals surface area contributed by atoms with Gasteiger partial charge in [0.2, 0.25) is 0 Å². The summed E-state index contributed by atoms with van der Waals surface area (Å²) in [5.41, 5.74) is -0.0623. The lowest BCUT2D eigenvalue weighted by Crippen LogP contribution is -2.29. The lowest BCUT2D eigenvalue weighted by Gasteiger charge is -2.20. The topological polar surface area (TPSA) is 9.23 Å². The minimum absolute atomic E-state index is 0.293. The number of hydrogen-bond donors (Lipinski definition) is 0. The molecule has 188 valence electrons. The average molecular weight is 502 g/mol. The smallest absolute Gasteiger partial charge is 0.222 e. The minimum atomic E-state index is -5.83. The number of ether oxygens (including phenoxy) is 1. The van der Waals surface area contributed by atoms with Gasteiger partial charge in [0.15, 0.2) is 0 Å². The summed E-state index contributed by atoms with van der Waals surface area (Å²) in [5, 5.41) is 0. The molecule has 0 saturated carbocycles. The van der Waals surface area contributed by atoms with E-state index < -0.39 is 41.0 Å². The highest BCUT2D eigenvalue weighted by Gasteiger charge is 2.49. The van der Waals surface area contributed by atoms with Crippen LogP contribution in [0.25, 0.3) is 11.1 Å². The van der Waals surface area contributed by atoms with E-state index in [2.05, 4.69) is 11.7 Å². The van der Waals surface area contributed by atoms with Crippen molar-refractivity contribution in [2.24, 2.45) is 0 Å². The first-order valence-electron chi connectivity index (χ1n) is 10.9. The maximum Gasteiger partial charge on any atom is 0.527 e.